The van der Waals surface area contributed by atoms with Crippen LogP contribution in [-0.4, -0.2) is 59.0 Å². The first-order valence-corrected chi connectivity index (χ1v) is 11.5. The van der Waals surface area contributed by atoms with E-state index in [9.17, 15) is 9.59 Å². The normalized spacial score (nSPS) is 18.1. The average Bonchev–Trinajstić information content (AvgIpc) is 2.79. The number of aromatic nitrogens is 1. The first-order chi connectivity index (χ1) is 15.5. The quantitative estimate of drug-likeness (QED) is 0.739. The second kappa shape index (κ2) is 10.0. The lowest BCUT2D eigenvalue weighted by Crippen LogP contribution is -2.50. The van der Waals surface area contributed by atoms with E-state index in [0.29, 0.717) is 19.0 Å². The monoisotopic (exact) mass is 436 g/mol. The Kier molecular flexibility index (Phi) is 6.93. The summed E-state index contributed by atoms with van der Waals surface area (Å²) in [6.45, 7) is 6.95. The van der Waals surface area contributed by atoms with Crippen molar-refractivity contribution in [2.75, 3.05) is 31.5 Å². The Morgan fingerprint density at radius 2 is 1.84 bits per heavy atom. The second-order valence-corrected chi connectivity index (χ2v) is 8.79. The van der Waals surface area contributed by atoms with Gasteiger partial charge in [0.05, 0.1) is 0 Å². The Bertz CT molecular complexity index is 905. The van der Waals surface area contributed by atoms with Crippen molar-refractivity contribution < 1.29 is 14.3 Å². The molecule has 2 saturated heterocycles. The van der Waals surface area contributed by atoms with E-state index >= 15 is 0 Å². The lowest BCUT2D eigenvalue weighted by Gasteiger charge is -2.39. The van der Waals surface area contributed by atoms with Crippen LogP contribution >= 0.6 is 0 Å². The first kappa shape index (κ1) is 22.1. The summed E-state index contributed by atoms with van der Waals surface area (Å²) < 4.78 is 6.11. The van der Waals surface area contributed by atoms with E-state index in [0.717, 1.165) is 43.8 Å². The standard InChI is InChI=1S/C25H32N4O3/c1-3-18(2)24(30)28-13-10-23(11-14-28)32-22-8-6-21(7-9-22)27-25(31)29-16-20(17-29)19-5-4-12-26-15-19/h4-9,12,15,18,20,23H,3,10-11,13-14,16-17H2,1-2H3,(H,27,31)/t18-/m0/s1. The number of hydrogen-bond donors (Lipinski definition) is 1. The number of hydrogen-bond acceptors (Lipinski definition) is 4. The molecule has 1 aromatic carbocycles. The Morgan fingerprint density at radius 3 is 2.47 bits per heavy atom. The van der Waals surface area contributed by atoms with E-state index in [1.165, 1.54) is 5.56 Å². The highest BCUT2D eigenvalue weighted by atomic mass is 16.5. The molecule has 2 aliphatic rings. The third kappa shape index (κ3) is 5.21. The Hall–Kier alpha value is -3.09. The summed E-state index contributed by atoms with van der Waals surface area (Å²) in [5.41, 5.74) is 1.93. The van der Waals surface area contributed by atoms with Crippen molar-refractivity contribution in [3.05, 3.63) is 54.4 Å². The van der Waals surface area contributed by atoms with Crippen molar-refractivity contribution in [1.29, 1.82) is 0 Å². The minimum atomic E-state index is -0.0860. The Morgan fingerprint density at radius 1 is 1.12 bits per heavy atom. The average molecular weight is 437 g/mol. The van der Waals surface area contributed by atoms with Gasteiger partial charge in [-0.1, -0.05) is 19.9 Å². The zero-order valence-electron chi connectivity index (χ0n) is 18.9. The lowest BCUT2D eigenvalue weighted by molar-refractivity contribution is -0.136. The highest BCUT2D eigenvalue weighted by Crippen LogP contribution is 2.27. The number of carbonyl (C=O) groups excluding carboxylic acids is 2. The maximum Gasteiger partial charge on any atom is 0.321 e. The molecule has 0 unspecified atom stereocenters. The summed E-state index contributed by atoms with van der Waals surface area (Å²) >= 11 is 0. The number of benzene rings is 1. The van der Waals surface area contributed by atoms with E-state index in [2.05, 4.69) is 16.4 Å². The van der Waals surface area contributed by atoms with Crippen molar-refractivity contribution in [2.24, 2.45) is 5.92 Å². The summed E-state index contributed by atoms with van der Waals surface area (Å²) in [5, 5.41) is 2.95. The number of likely N-dealkylation sites (tertiary alicyclic amines) is 2. The molecule has 1 N–H and O–H groups in total. The number of amides is 3. The van der Waals surface area contributed by atoms with Gasteiger partial charge in [0.1, 0.15) is 11.9 Å². The van der Waals surface area contributed by atoms with E-state index in [4.69, 9.17) is 4.74 Å². The van der Waals surface area contributed by atoms with Crippen molar-refractivity contribution in [3.8, 4) is 5.75 Å². The minimum Gasteiger partial charge on any atom is -0.490 e. The molecule has 7 nitrogen and oxygen atoms in total. The van der Waals surface area contributed by atoms with Gasteiger partial charge in [-0.2, -0.15) is 0 Å². The molecule has 4 rings (SSSR count). The van der Waals surface area contributed by atoms with Gasteiger partial charge in [-0.15, -0.1) is 0 Å². The molecule has 2 aliphatic heterocycles. The van der Waals surface area contributed by atoms with Gasteiger partial charge in [0.25, 0.3) is 0 Å². The number of nitrogens with zero attached hydrogens (tertiary/aromatic N) is 3. The van der Waals surface area contributed by atoms with Crippen LogP contribution in [0, 0.1) is 5.92 Å². The van der Waals surface area contributed by atoms with Crippen molar-refractivity contribution >= 4 is 17.6 Å². The van der Waals surface area contributed by atoms with Crippen LogP contribution in [0.2, 0.25) is 0 Å². The predicted molar refractivity (Wildman–Crippen MR) is 124 cm³/mol. The van der Waals surface area contributed by atoms with Crippen LogP contribution in [0.5, 0.6) is 5.75 Å². The van der Waals surface area contributed by atoms with Crippen LogP contribution in [0.15, 0.2) is 48.8 Å². The van der Waals surface area contributed by atoms with E-state index in [1.807, 2.05) is 55.3 Å². The molecule has 2 aromatic rings. The van der Waals surface area contributed by atoms with Crippen LogP contribution in [0.1, 0.15) is 44.6 Å². The number of pyridine rings is 1. The van der Waals surface area contributed by atoms with Gasteiger partial charge >= 0.3 is 6.03 Å². The molecule has 0 bridgehead atoms. The number of anilines is 1. The topological polar surface area (TPSA) is 74.8 Å². The molecule has 170 valence electrons. The van der Waals surface area contributed by atoms with E-state index in [1.54, 1.807) is 11.1 Å². The zero-order valence-corrected chi connectivity index (χ0v) is 18.9. The summed E-state index contributed by atoms with van der Waals surface area (Å²) in [4.78, 5) is 32.7. The molecule has 0 radical (unpaired) electrons. The van der Waals surface area contributed by atoms with E-state index < -0.39 is 0 Å². The van der Waals surface area contributed by atoms with Crippen LogP contribution in [-0.2, 0) is 4.79 Å². The Labute approximate surface area is 189 Å². The molecular weight excluding hydrogens is 404 g/mol. The third-order valence-electron chi connectivity index (χ3n) is 6.52. The molecule has 0 spiro atoms. The molecule has 0 aliphatic carbocycles. The predicted octanol–water partition coefficient (Wildman–Crippen LogP) is 4.13. The SMILES string of the molecule is CC[C@H](C)C(=O)N1CCC(Oc2ccc(NC(=O)N3CC(c4cccnc4)C3)cc2)CC1. The smallest absolute Gasteiger partial charge is 0.321 e. The molecule has 3 amide bonds. The fourth-order valence-corrected chi connectivity index (χ4v) is 4.16. The third-order valence-corrected chi connectivity index (χ3v) is 6.52. The minimum absolute atomic E-state index is 0.0860. The number of carbonyl (C=O) groups is 2. The molecule has 2 fully saturated rings. The highest BCUT2D eigenvalue weighted by molar-refractivity contribution is 5.90. The van der Waals surface area contributed by atoms with E-state index in [-0.39, 0.29) is 24.0 Å². The number of ether oxygens (including phenoxy) is 1. The molecule has 7 heteroatoms. The molecule has 0 saturated carbocycles. The summed E-state index contributed by atoms with van der Waals surface area (Å²) in [6, 6.07) is 11.4. The molecule has 3 heterocycles. The molecular formula is C25H32N4O3. The molecule has 1 atom stereocenters. The van der Waals surface area contributed by atoms with Gasteiger partial charge in [-0.25, -0.2) is 4.79 Å². The number of piperidine rings is 1. The number of rotatable bonds is 6. The van der Waals surface area contributed by atoms with Crippen LogP contribution in [0.3, 0.4) is 0 Å². The highest BCUT2D eigenvalue weighted by Gasteiger charge is 2.32. The van der Waals surface area contributed by atoms with Crippen molar-refractivity contribution in [3.63, 3.8) is 0 Å². The van der Waals surface area contributed by atoms with Crippen LogP contribution in [0.4, 0.5) is 10.5 Å². The van der Waals surface area contributed by atoms with Gasteiger partial charge < -0.3 is 19.9 Å². The van der Waals surface area contributed by atoms with Gasteiger partial charge in [0.15, 0.2) is 0 Å². The zero-order chi connectivity index (χ0) is 22.5. The van der Waals surface area contributed by atoms with Crippen molar-refractivity contribution in [2.45, 2.75) is 45.1 Å². The maximum atomic E-state index is 12.5. The molecule has 1 aromatic heterocycles. The summed E-state index contributed by atoms with van der Waals surface area (Å²) in [7, 11) is 0. The lowest BCUT2D eigenvalue weighted by atomic mass is 9.93. The van der Waals surface area contributed by atoms with Crippen LogP contribution in [0.25, 0.3) is 0 Å². The van der Waals surface area contributed by atoms with Gasteiger partial charge in [-0.05, 0) is 42.3 Å². The second-order valence-electron chi connectivity index (χ2n) is 8.79. The molecule has 32 heavy (non-hydrogen) atoms. The Balaban J connectivity index is 1.20. The van der Waals surface area contributed by atoms with Gasteiger partial charge in [0, 0.05) is 68.9 Å². The fourth-order valence-electron chi connectivity index (χ4n) is 4.16. The maximum absolute atomic E-state index is 12.5. The van der Waals surface area contributed by atoms with Gasteiger partial charge in [-0.3, -0.25) is 9.78 Å². The number of nitrogens with one attached hydrogen (secondary N) is 1. The summed E-state index contributed by atoms with van der Waals surface area (Å²) in [5.74, 6) is 1.49. The van der Waals surface area contributed by atoms with Crippen LogP contribution < -0.4 is 10.1 Å². The largest absolute Gasteiger partial charge is 0.490 e. The van der Waals surface area contributed by atoms with Gasteiger partial charge in [0.2, 0.25) is 5.91 Å². The first-order valence-electron chi connectivity index (χ1n) is 11.5. The van der Waals surface area contributed by atoms with Crippen molar-refractivity contribution in [1.82, 2.24) is 14.8 Å². The number of urea groups is 1. The summed E-state index contributed by atoms with van der Waals surface area (Å²) in [6.07, 6.45) is 6.30. The fraction of sp³-hybridized carbons (Fsp3) is 0.480.